The quantitative estimate of drug-likeness (QED) is 0.675. The first kappa shape index (κ1) is 8.73. The van der Waals surface area contributed by atoms with Crippen molar-refractivity contribution in [1.29, 1.82) is 0 Å². The van der Waals surface area contributed by atoms with Gasteiger partial charge in [0.15, 0.2) is 0 Å². The van der Waals surface area contributed by atoms with Gasteiger partial charge in [0.05, 0.1) is 6.61 Å². The number of benzene rings is 1. The number of hydrogen-bond donors (Lipinski definition) is 2. The van der Waals surface area contributed by atoms with E-state index in [1.165, 1.54) is 16.7 Å². The first-order valence-electron chi connectivity index (χ1n) is 4.73. The largest absolute Gasteiger partial charge is 0.396 e. The third kappa shape index (κ3) is 1.47. The maximum atomic E-state index is 9.19. The van der Waals surface area contributed by atoms with Gasteiger partial charge < -0.3 is 10.4 Å². The molecular formula is C11H15NO. The number of aryl methyl sites for hydroxylation is 1. The molecule has 0 radical (unpaired) electrons. The van der Waals surface area contributed by atoms with Crippen molar-refractivity contribution in [3.05, 3.63) is 34.9 Å². The molecule has 0 amide bonds. The van der Waals surface area contributed by atoms with Crippen molar-refractivity contribution >= 4 is 0 Å². The van der Waals surface area contributed by atoms with Crippen molar-refractivity contribution in [1.82, 2.24) is 5.32 Å². The summed E-state index contributed by atoms with van der Waals surface area (Å²) in [6.07, 6.45) is 0. The smallest absolute Gasteiger partial charge is 0.0512 e. The van der Waals surface area contributed by atoms with Gasteiger partial charge in [-0.25, -0.2) is 0 Å². The van der Waals surface area contributed by atoms with Crippen LogP contribution in [0.5, 0.6) is 0 Å². The Morgan fingerprint density at radius 1 is 1.54 bits per heavy atom. The van der Waals surface area contributed by atoms with Gasteiger partial charge in [0.25, 0.3) is 0 Å². The fourth-order valence-electron chi connectivity index (χ4n) is 1.99. The minimum atomic E-state index is 0.240. The van der Waals surface area contributed by atoms with E-state index in [-0.39, 0.29) is 12.5 Å². The maximum Gasteiger partial charge on any atom is 0.0512 e. The molecule has 0 fully saturated rings. The van der Waals surface area contributed by atoms with Gasteiger partial charge in [0, 0.05) is 19.0 Å². The van der Waals surface area contributed by atoms with Crippen LogP contribution in [0.1, 0.15) is 22.6 Å². The third-order valence-electron chi connectivity index (χ3n) is 2.80. The van der Waals surface area contributed by atoms with Crippen LogP contribution >= 0.6 is 0 Å². The van der Waals surface area contributed by atoms with E-state index in [4.69, 9.17) is 0 Å². The van der Waals surface area contributed by atoms with Crippen LogP contribution < -0.4 is 5.32 Å². The molecule has 2 heteroatoms. The topological polar surface area (TPSA) is 32.3 Å². The minimum Gasteiger partial charge on any atom is -0.396 e. The summed E-state index contributed by atoms with van der Waals surface area (Å²) in [5, 5.41) is 12.5. The first-order valence-corrected chi connectivity index (χ1v) is 4.73. The summed E-state index contributed by atoms with van der Waals surface area (Å²) < 4.78 is 0. The molecule has 1 aromatic carbocycles. The lowest BCUT2D eigenvalue weighted by atomic mass is 9.89. The minimum absolute atomic E-state index is 0.240. The van der Waals surface area contributed by atoms with E-state index in [0.717, 1.165) is 13.1 Å². The lowest BCUT2D eigenvalue weighted by Crippen LogP contribution is -2.30. The Morgan fingerprint density at radius 2 is 2.38 bits per heavy atom. The van der Waals surface area contributed by atoms with Crippen LogP contribution in [-0.2, 0) is 6.54 Å². The predicted molar refractivity (Wildman–Crippen MR) is 52.7 cm³/mol. The molecule has 0 spiro atoms. The van der Waals surface area contributed by atoms with Crippen LogP contribution in [0, 0.1) is 6.92 Å². The van der Waals surface area contributed by atoms with Crippen LogP contribution in [0.4, 0.5) is 0 Å². The number of fused-ring (bicyclic) bond motifs is 1. The first-order chi connectivity index (χ1) is 6.33. The van der Waals surface area contributed by atoms with E-state index in [9.17, 15) is 5.11 Å². The molecule has 13 heavy (non-hydrogen) atoms. The Balaban J connectivity index is 2.45. The van der Waals surface area contributed by atoms with Crippen LogP contribution in [0.2, 0.25) is 0 Å². The number of aliphatic hydroxyl groups is 1. The SMILES string of the molecule is Cc1cccc2c1CNCC2CO. The summed E-state index contributed by atoms with van der Waals surface area (Å²) in [6.45, 7) is 4.20. The van der Waals surface area contributed by atoms with Gasteiger partial charge in [0.2, 0.25) is 0 Å². The summed E-state index contributed by atoms with van der Waals surface area (Å²) in [5.41, 5.74) is 4.01. The second-order valence-corrected chi connectivity index (χ2v) is 3.65. The van der Waals surface area contributed by atoms with Crippen LogP contribution in [-0.4, -0.2) is 18.3 Å². The summed E-state index contributed by atoms with van der Waals surface area (Å²) in [7, 11) is 0. The molecule has 0 saturated heterocycles. The molecule has 2 rings (SSSR count). The van der Waals surface area contributed by atoms with E-state index < -0.39 is 0 Å². The molecule has 1 aliphatic heterocycles. The lowest BCUT2D eigenvalue weighted by Gasteiger charge is -2.26. The zero-order valence-corrected chi connectivity index (χ0v) is 7.88. The van der Waals surface area contributed by atoms with Crippen LogP contribution in [0.15, 0.2) is 18.2 Å². The Kier molecular flexibility index (Phi) is 2.34. The molecule has 1 heterocycles. The molecule has 1 aromatic rings. The van der Waals surface area contributed by atoms with Gasteiger partial charge in [-0.1, -0.05) is 18.2 Å². The van der Waals surface area contributed by atoms with Crippen molar-refractivity contribution in [2.24, 2.45) is 0 Å². The van der Waals surface area contributed by atoms with E-state index in [2.05, 4.69) is 30.4 Å². The standard InChI is InChI=1S/C11H15NO/c1-8-3-2-4-10-9(7-13)5-12-6-11(8)10/h2-4,9,12-13H,5-7H2,1H3. The highest BCUT2D eigenvalue weighted by molar-refractivity contribution is 5.38. The number of rotatable bonds is 1. The molecule has 0 bridgehead atoms. The molecule has 2 nitrogen and oxygen atoms in total. The zero-order valence-electron chi connectivity index (χ0n) is 7.88. The van der Waals surface area contributed by atoms with Crippen LogP contribution in [0.25, 0.3) is 0 Å². The van der Waals surface area contributed by atoms with Gasteiger partial charge in [0.1, 0.15) is 0 Å². The van der Waals surface area contributed by atoms with Crippen molar-refractivity contribution < 1.29 is 5.11 Å². The van der Waals surface area contributed by atoms with Gasteiger partial charge in [-0.05, 0) is 23.6 Å². The molecule has 0 aliphatic carbocycles. The summed E-state index contributed by atoms with van der Waals surface area (Å²) in [6, 6.07) is 6.33. The Morgan fingerprint density at radius 3 is 3.15 bits per heavy atom. The average Bonchev–Trinajstić information content (AvgIpc) is 2.18. The highest BCUT2D eigenvalue weighted by Gasteiger charge is 2.19. The number of aliphatic hydroxyl groups excluding tert-OH is 1. The normalized spacial score (nSPS) is 21.2. The molecule has 70 valence electrons. The van der Waals surface area contributed by atoms with E-state index in [1.54, 1.807) is 0 Å². The molecule has 2 N–H and O–H groups in total. The lowest BCUT2D eigenvalue weighted by molar-refractivity contribution is 0.256. The van der Waals surface area contributed by atoms with Crippen molar-refractivity contribution in [2.75, 3.05) is 13.2 Å². The van der Waals surface area contributed by atoms with Crippen LogP contribution in [0.3, 0.4) is 0 Å². The molecule has 1 aliphatic rings. The molecular weight excluding hydrogens is 162 g/mol. The highest BCUT2D eigenvalue weighted by Crippen LogP contribution is 2.25. The Hall–Kier alpha value is -0.860. The van der Waals surface area contributed by atoms with Gasteiger partial charge in [-0.2, -0.15) is 0 Å². The third-order valence-corrected chi connectivity index (χ3v) is 2.80. The second kappa shape index (κ2) is 3.48. The number of nitrogens with one attached hydrogen (secondary N) is 1. The van der Waals surface area contributed by atoms with Gasteiger partial charge in [-0.15, -0.1) is 0 Å². The fraction of sp³-hybridized carbons (Fsp3) is 0.455. The average molecular weight is 177 g/mol. The van der Waals surface area contributed by atoms with Gasteiger partial charge >= 0.3 is 0 Å². The monoisotopic (exact) mass is 177 g/mol. The zero-order chi connectivity index (χ0) is 9.26. The molecule has 0 saturated carbocycles. The summed E-state index contributed by atoms with van der Waals surface area (Å²) in [5.74, 6) is 0.281. The second-order valence-electron chi connectivity index (χ2n) is 3.65. The van der Waals surface area contributed by atoms with Gasteiger partial charge in [-0.3, -0.25) is 0 Å². The molecule has 1 atom stereocenters. The summed E-state index contributed by atoms with van der Waals surface area (Å²) in [4.78, 5) is 0. The maximum absolute atomic E-state index is 9.19. The molecule has 0 aromatic heterocycles. The summed E-state index contributed by atoms with van der Waals surface area (Å²) >= 11 is 0. The Labute approximate surface area is 78.6 Å². The highest BCUT2D eigenvalue weighted by atomic mass is 16.3. The van der Waals surface area contributed by atoms with E-state index >= 15 is 0 Å². The van der Waals surface area contributed by atoms with E-state index in [1.807, 2.05) is 0 Å². The van der Waals surface area contributed by atoms with Crippen molar-refractivity contribution in [2.45, 2.75) is 19.4 Å². The number of hydrogen-bond acceptors (Lipinski definition) is 2. The van der Waals surface area contributed by atoms with Crippen molar-refractivity contribution in [3.63, 3.8) is 0 Å². The fourth-order valence-corrected chi connectivity index (χ4v) is 1.99. The van der Waals surface area contributed by atoms with Crippen molar-refractivity contribution in [3.8, 4) is 0 Å². The Bertz CT molecular complexity index is 309. The molecule has 1 unspecified atom stereocenters. The predicted octanol–water partition coefficient (Wildman–Crippen LogP) is 1.17. The van der Waals surface area contributed by atoms with E-state index in [0.29, 0.717) is 0 Å².